The van der Waals surface area contributed by atoms with Crippen LogP contribution in [0.25, 0.3) is 0 Å². The summed E-state index contributed by atoms with van der Waals surface area (Å²) in [4.78, 5) is 14.8. The molecule has 7 heteroatoms. The Bertz CT molecular complexity index is 600. The Kier molecular flexibility index (Phi) is 6.82. The molecule has 2 heterocycles. The molecule has 2 fully saturated rings. The summed E-state index contributed by atoms with van der Waals surface area (Å²) in [5, 5.41) is 2.99. The zero-order valence-corrected chi connectivity index (χ0v) is 15.5. The second-order valence-electron chi connectivity index (χ2n) is 7.25. The fourth-order valence-electron chi connectivity index (χ4n) is 3.79. The molecule has 0 bridgehead atoms. The van der Waals surface area contributed by atoms with Crippen LogP contribution < -0.4 is 19.9 Å². The van der Waals surface area contributed by atoms with E-state index in [1.54, 1.807) is 19.2 Å². The van der Waals surface area contributed by atoms with Crippen LogP contribution in [0.2, 0.25) is 0 Å². The average molecular weight is 367 g/mol. The lowest BCUT2D eigenvalue weighted by Gasteiger charge is -2.29. The molecule has 1 atom stereocenters. The van der Waals surface area contributed by atoms with E-state index in [1.807, 2.05) is 0 Å². The minimum absolute atomic E-state index is 0.103. The van der Waals surface area contributed by atoms with Gasteiger partial charge in [0, 0.05) is 13.2 Å². The fraction of sp³-hybridized carbons (Fsp3) is 0.632. The highest BCUT2D eigenvalue weighted by atomic mass is 19.1. The largest absolute Gasteiger partial charge is 0.496 e. The van der Waals surface area contributed by atoms with Gasteiger partial charge in [0.05, 0.1) is 18.8 Å². The first-order valence-corrected chi connectivity index (χ1v) is 9.52. The maximum Gasteiger partial charge on any atom is 0.275 e. The minimum Gasteiger partial charge on any atom is -0.496 e. The molecule has 1 aromatic carbocycles. The van der Waals surface area contributed by atoms with Gasteiger partial charge in [-0.2, -0.15) is 0 Å². The Morgan fingerprint density at radius 3 is 2.77 bits per heavy atom. The van der Waals surface area contributed by atoms with Gasteiger partial charge in [-0.25, -0.2) is 4.39 Å². The van der Waals surface area contributed by atoms with Crippen molar-refractivity contribution in [2.75, 3.05) is 53.0 Å². The SMILES string of the molecule is COc1ccc(F)cc1C[NH+]1CC[NH+](CC(=O)NC[C@H]2CCCO2)CC1. The molecule has 0 aromatic heterocycles. The zero-order chi connectivity index (χ0) is 18.4. The number of hydrogen-bond donors (Lipinski definition) is 3. The van der Waals surface area contributed by atoms with Gasteiger partial charge in [0.25, 0.3) is 5.91 Å². The standard InChI is InChI=1S/C19H28FN3O3/c1-25-18-5-4-16(20)11-15(18)13-22-6-8-23(9-7-22)14-19(24)21-12-17-3-2-10-26-17/h4-5,11,17H,2-3,6-10,12-14H2,1H3,(H,21,24)/p+2/t17-/m1/s1. The van der Waals surface area contributed by atoms with Gasteiger partial charge in [-0.1, -0.05) is 0 Å². The van der Waals surface area contributed by atoms with E-state index in [-0.39, 0.29) is 17.8 Å². The quantitative estimate of drug-likeness (QED) is 0.545. The molecule has 3 rings (SSSR count). The molecule has 2 aliphatic heterocycles. The van der Waals surface area contributed by atoms with Crippen molar-refractivity contribution >= 4 is 5.91 Å². The van der Waals surface area contributed by atoms with E-state index in [2.05, 4.69) is 5.32 Å². The summed E-state index contributed by atoms with van der Waals surface area (Å²) in [6.45, 7) is 6.53. The average Bonchev–Trinajstić information content (AvgIpc) is 3.15. The van der Waals surface area contributed by atoms with Crippen molar-refractivity contribution in [1.82, 2.24) is 5.32 Å². The van der Waals surface area contributed by atoms with Crippen molar-refractivity contribution in [2.45, 2.75) is 25.5 Å². The number of quaternary nitrogens is 2. The van der Waals surface area contributed by atoms with Crippen molar-refractivity contribution in [3.63, 3.8) is 0 Å². The van der Waals surface area contributed by atoms with E-state index >= 15 is 0 Å². The van der Waals surface area contributed by atoms with Crippen molar-refractivity contribution < 1.29 is 28.5 Å². The number of piperazine rings is 1. The predicted molar refractivity (Wildman–Crippen MR) is 94.9 cm³/mol. The fourth-order valence-corrected chi connectivity index (χ4v) is 3.79. The molecule has 0 saturated carbocycles. The van der Waals surface area contributed by atoms with Crippen LogP contribution in [-0.2, 0) is 16.1 Å². The summed E-state index contributed by atoms with van der Waals surface area (Å²) in [5.41, 5.74) is 0.903. The number of nitrogens with one attached hydrogen (secondary N) is 3. The molecule has 1 amide bonds. The third-order valence-electron chi connectivity index (χ3n) is 5.31. The van der Waals surface area contributed by atoms with Crippen molar-refractivity contribution in [3.8, 4) is 5.75 Å². The molecule has 26 heavy (non-hydrogen) atoms. The zero-order valence-electron chi connectivity index (χ0n) is 15.5. The van der Waals surface area contributed by atoms with Crippen LogP contribution in [0.1, 0.15) is 18.4 Å². The maximum absolute atomic E-state index is 13.5. The smallest absolute Gasteiger partial charge is 0.275 e. The molecule has 0 radical (unpaired) electrons. The number of ether oxygens (including phenoxy) is 2. The number of halogens is 1. The highest BCUT2D eigenvalue weighted by Crippen LogP contribution is 2.18. The van der Waals surface area contributed by atoms with E-state index in [9.17, 15) is 9.18 Å². The monoisotopic (exact) mass is 367 g/mol. The Hall–Kier alpha value is -1.70. The summed E-state index contributed by atoms with van der Waals surface area (Å²) >= 11 is 0. The Morgan fingerprint density at radius 1 is 1.31 bits per heavy atom. The van der Waals surface area contributed by atoms with Crippen molar-refractivity contribution in [2.24, 2.45) is 0 Å². The first kappa shape index (κ1) is 19.1. The summed E-state index contributed by atoms with van der Waals surface area (Å²) in [7, 11) is 1.61. The van der Waals surface area contributed by atoms with Crippen LogP contribution in [0.15, 0.2) is 18.2 Å². The van der Waals surface area contributed by atoms with Gasteiger partial charge in [0.15, 0.2) is 6.54 Å². The number of carbonyl (C=O) groups excluding carboxylic acids is 1. The number of hydrogen-bond acceptors (Lipinski definition) is 3. The lowest BCUT2D eigenvalue weighted by atomic mass is 10.1. The highest BCUT2D eigenvalue weighted by molar-refractivity contribution is 5.76. The van der Waals surface area contributed by atoms with Crippen molar-refractivity contribution in [1.29, 1.82) is 0 Å². The molecule has 0 aliphatic carbocycles. The first-order valence-electron chi connectivity index (χ1n) is 9.52. The van der Waals surface area contributed by atoms with Crippen molar-refractivity contribution in [3.05, 3.63) is 29.6 Å². The summed E-state index contributed by atoms with van der Waals surface area (Å²) < 4.78 is 24.4. The lowest BCUT2D eigenvalue weighted by Crippen LogP contribution is -3.28. The Morgan fingerprint density at radius 2 is 2.08 bits per heavy atom. The Labute approximate surface area is 154 Å². The topological polar surface area (TPSA) is 56.4 Å². The van der Waals surface area contributed by atoms with Crippen LogP contribution in [0.5, 0.6) is 5.75 Å². The molecule has 0 unspecified atom stereocenters. The molecule has 3 N–H and O–H groups in total. The van der Waals surface area contributed by atoms with Gasteiger partial charge in [-0.05, 0) is 31.0 Å². The van der Waals surface area contributed by atoms with Gasteiger partial charge >= 0.3 is 0 Å². The normalized spacial score (nSPS) is 25.8. The molecule has 2 saturated heterocycles. The van der Waals surface area contributed by atoms with E-state index in [0.717, 1.165) is 63.5 Å². The Balaban J connectivity index is 1.40. The number of benzene rings is 1. The number of rotatable bonds is 7. The molecule has 2 aliphatic rings. The lowest BCUT2D eigenvalue weighted by molar-refractivity contribution is -1.02. The van der Waals surface area contributed by atoms with Crippen LogP contribution in [0.3, 0.4) is 0 Å². The van der Waals surface area contributed by atoms with Gasteiger partial charge in [0.2, 0.25) is 0 Å². The molecular formula is C19H30FN3O3+2. The number of carbonyl (C=O) groups is 1. The molecule has 0 spiro atoms. The highest BCUT2D eigenvalue weighted by Gasteiger charge is 2.26. The van der Waals surface area contributed by atoms with Crippen LogP contribution >= 0.6 is 0 Å². The van der Waals surface area contributed by atoms with E-state index < -0.39 is 0 Å². The molecule has 6 nitrogen and oxygen atoms in total. The maximum atomic E-state index is 13.5. The molecular weight excluding hydrogens is 337 g/mol. The van der Waals surface area contributed by atoms with E-state index in [1.165, 1.54) is 15.9 Å². The summed E-state index contributed by atoms with van der Waals surface area (Å²) in [6, 6.07) is 4.67. The minimum atomic E-state index is -0.229. The van der Waals surface area contributed by atoms with Gasteiger partial charge in [0.1, 0.15) is 44.3 Å². The van der Waals surface area contributed by atoms with Gasteiger partial charge < -0.3 is 24.6 Å². The third kappa shape index (κ3) is 5.40. The van der Waals surface area contributed by atoms with E-state index in [0.29, 0.717) is 13.1 Å². The van der Waals surface area contributed by atoms with Gasteiger partial charge in [-0.3, -0.25) is 4.79 Å². The number of amides is 1. The summed E-state index contributed by atoms with van der Waals surface area (Å²) in [5.74, 6) is 0.611. The van der Waals surface area contributed by atoms with E-state index in [4.69, 9.17) is 9.47 Å². The molecule has 1 aromatic rings. The second-order valence-corrected chi connectivity index (χ2v) is 7.25. The summed E-state index contributed by atoms with van der Waals surface area (Å²) in [6.07, 6.45) is 2.32. The second kappa shape index (κ2) is 9.30. The number of methoxy groups -OCH3 is 1. The van der Waals surface area contributed by atoms with Gasteiger partial charge in [-0.15, -0.1) is 0 Å². The van der Waals surface area contributed by atoms with Crippen LogP contribution in [0.4, 0.5) is 4.39 Å². The predicted octanol–water partition coefficient (Wildman–Crippen LogP) is -1.59. The van der Waals surface area contributed by atoms with Crippen LogP contribution in [0, 0.1) is 5.82 Å². The third-order valence-corrected chi connectivity index (χ3v) is 5.31. The first-order chi connectivity index (χ1) is 12.6. The molecule has 144 valence electrons. The van der Waals surface area contributed by atoms with Crippen LogP contribution in [-0.4, -0.2) is 65.0 Å².